The summed E-state index contributed by atoms with van der Waals surface area (Å²) in [7, 11) is 0. The fraction of sp³-hybridized carbons (Fsp3) is 0.364. The number of benzene rings is 1. The second kappa shape index (κ2) is 5.52. The molecule has 0 heterocycles. The number of hydrogen-bond acceptors (Lipinski definition) is 1. The second-order valence-electron chi connectivity index (χ2n) is 3.24. The van der Waals surface area contributed by atoms with E-state index in [1.807, 2.05) is 25.1 Å². The van der Waals surface area contributed by atoms with E-state index in [0.29, 0.717) is 17.6 Å². The maximum Gasteiger partial charge on any atom is 0.147 e. The molecule has 0 spiro atoms. The van der Waals surface area contributed by atoms with E-state index in [0.717, 1.165) is 16.7 Å². The third-order valence-corrected chi connectivity index (χ3v) is 3.03. The molecule has 1 aromatic carbocycles. The predicted molar refractivity (Wildman–Crippen MR) is 63.2 cm³/mol. The second-order valence-corrected chi connectivity index (χ2v) is 4.07. The van der Waals surface area contributed by atoms with E-state index in [1.54, 1.807) is 0 Å². The van der Waals surface area contributed by atoms with Gasteiger partial charge in [-0.25, -0.2) is 0 Å². The first kappa shape index (κ1) is 11.7. The Morgan fingerprint density at radius 2 is 2.21 bits per heavy atom. The van der Waals surface area contributed by atoms with Gasteiger partial charge in [-0.2, -0.15) is 0 Å². The van der Waals surface area contributed by atoms with Crippen molar-refractivity contribution < 1.29 is 4.79 Å². The number of hydrogen-bond donors (Lipinski definition) is 0. The minimum atomic E-state index is 0.201. The molecule has 0 saturated heterocycles. The number of Topliss-reactive ketones (excluding diaryl/α,β-unsaturated/α-hetero) is 1. The van der Waals surface area contributed by atoms with Gasteiger partial charge in [-0.3, -0.25) is 4.79 Å². The highest BCUT2D eigenvalue weighted by molar-refractivity contribution is 9.09. The zero-order chi connectivity index (χ0) is 10.6. The number of alkyl halides is 2. The summed E-state index contributed by atoms with van der Waals surface area (Å²) in [6.45, 7) is 2.01. The van der Waals surface area contributed by atoms with Crippen molar-refractivity contribution in [1.82, 2.24) is 0 Å². The van der Waals surface area contributed by atoms with Crippen molar-refractivity contribution in [3.05, 3.63) is 34.9 Å². The SMILES string of the molecule is Cc1cc(CCl)ccc1CC(=O)CBr. The Morgan fingerprint density at radius 3 is 2.71 bits per heavy atom. The van der Waals surface area contributed by atoms with Gasteiger partial charge >= 0.3 is 0 Å². The Hall–Kier alpha value is -0.340. The van der Waals surface area contributed by atoms with Gasteiger partial charge in [0, 0.05) is 12.3 Å². The van der Waals surface area contributed by atoms with Gasteiger partial charge in [0.15, 0.2) is 0 Å². The zero-order valence-electron chi connectivity index (χ0n) is 8.02. The van der Waals surface area contributed by atoms with Crippen LogP contribution in [-0.2, 0) is 17.1 Å². The molecule has 0 atom stereocenters. The van der Waals surface area contributed by atoms with Crippen LogP contribution in [0.25, 0.3) is 0 Å². The van der Waals surface area contributed by atoms with E-state index >= 15 is 0 Å². The fourth-order valence-corrected chi connectivity index (χ4v) is 1.66. The molecule has 14 heavy (non-hydrogen) atoms. The summed E-state index contributed by atoms with van der Waals surface area (Å²) in [5.41, 5.74) is 3.32. The normalized spacial score (nSPS) is 10.2. The molecule has 76 valence electrons. The van der Waals surface area contributed by atoms with E-state index in [9.17, 15) is 4.79 Å². The van der Waals surface area contributed by atoms with Crippen LogP contribution in [0.5, 0.6) is 0 Å². The van der Waals surface area contributed by atoms with Gasteiger partial charge in [0.25, 0.3) is 0 Å². The van der Waals surface area contributed by atoms with Gasteiger partial charge in [0.05, 0.1) is 5.33 Å². The summed E-state index contributed by atoms with van der Waals surface area (Å²) in [4.78, 5) is 11.2. The molecule has 3 heteroatoms. The monoisotopic (exact) mass is 274 g/mol. The third-order valence-electron chi connectivity index (χ3n) is 2.10. The molecule has 0 aliphatic carbocycles. The van der Waals surface area contributed by atoms with Crippen LogP contribution in [0.15, 0.2) is 18.2 Å². The lowest BCUT2D eigenvalue weighted by Crippen LogP contribution is -2.05. The Bertz CT molecular complexity index is 336. The molecule has 0 fully saturated rings. The van der Waals surface area contributed by atoms with Crippen molar-refractivity contribution in [2.24, 2.45) is 0 Å². The van der Waals surface area contributed by atoms with Gasteiger partial charge in [0.2, 0.25) is 0 Å². The molecule has 0 aromatic heterocycles. The van der Waals surface area contributed by atoms with Gasteiger partial charge < -0.3 is 0 Å². The number of rotatable bonds is 4. The number of carbonyl (C=O) groups excluding carboxylic acids is 1. The standard InChI is InChI=1S/C11H12BrClO/c1-8-4-9(7-13)2-3-10(8)5-11(14)6-12/h2-4H,5-7H2,1H3. The maximum absolute atomic E-state index is 11.2. The van der Waals surface area contributed by atoms with Crippen LogP contribution in [0.1, 0.15) is 16.7 Å². The number of aryl methyl sites for hydroxylation is 1. The highest BCUT2D eigenvalue weighted by Crippen LogP contribution is 2.13. The summed E-state index contributed by atoms with van der Waals surface area (Å²) < 4.78 is 0. The molecule has 1 nitrogen and oxygen atoms in total. The van der Waals surface area contributed by atoms with Crippen molar-refractivity contribution >= 4 is 33.3 Å². The van der Waals surface area contributed by atoms with Crippen molar-refractivity contribution in [2.45, 2.75) is 19.2 Å². The van der Waals surface area contributed by atoms with E-state index < -0.39 is 0 Å². The molecule has 0 radical (unpaired) electrons. The van der Waals surface area contributed by atoms with Gasteiger partial charge in [-0.15, -0.1) is 11.6 Å². The van der Waals surface area contributed by atoms with Crippen LogP contribution in [-0.4, -0.2) is 11.1 Å². The lowest BCUT2D eigenvalue weighted by atomic mass is 10.0. The summed E-state index contributed by atoms with van der Waals surface area (Å²) in [6.07, 6.45) is 0.500. The van der Waals surface area contributed by atoms with Crippen molar-refractivity contribution in [2.75, 3.05) is 5.33 Å². The molecule has 0 amide bonds. The maximum atomic E-state index is 11.2. The topological polar surface area (TPSA) is 17.1 Å². The first-order valence-electron chi connectivity index (χ1n) is 4.39. The summed E-state index contributed by atoms with van der Waals surface area (Å²) in [5.74, 6) is 0.722. The molecule has 0 bridgehead atoms. The Kier molecular flexibility index (Phi) is 4.63. The first-order valence-corrected chi connectivity index (χ1v) is 6.05. The van der Waals surface area contributed by atoms with Crippen LogP contribution < -0.4 is 0 Å². The molecule has 1 rings (SSSR count). The number of halogens is 2. The van der Waals surface area contributed by atoms with Gasteiger partial charge in [-0.1, -0.05) is 34.1 Å². The van der Waals surface area contributed by atoms with Crippen molar-refractivity contribution in [1.29, 1.82) is 0 Å². The molecular formula is C11H12BrClO. The fourth-order valence-electron chi connectivity index (χ4n) is 1.30. The minimum absolute atomic E-state index is 0.201. The molecule has 0 aliphatic heterocycles. The third kappa shape index (κ3) is 3.10. The van der Waals surface area contributed by atoms with Crippen LogP contribution in [0.4, 0.5) is 0 Å². The summed E-state index contributed by atoms with van der Waals surface area (Å²) in [5, 5.41) is 0.420. The van der Waals surface area contributed by atoms with Gasteiger partial charge in [-0.05, 0) is 23.6 Å². The van der Waals surface area contributed by atoms with Crippen molar-refractivity contribution in [3.8, 4) is 0 Å². The van der Waals surface area contributed by atoms with Crippen molar-refractivity contribution in [3.63, 3.8) is 0 Å². The number of carbonyl (C=O) groups is 1. The Balaban J connectivity index is 2.83. The van der Waals surface area contributed by atoms with E-state index in [-0.39, 0.29) is 5.78 Å². The van der Waals surface area contributed by atoms with E-state index in [4.69, 9.17) is 11.6 Å². The largest absolute Gasteiger partial charge is 0.298 e. The smallest absolute Gasteiger partial charge is 0.147 e. The summed E-state index contributed by atoms with van der Waals surface area (Å²) >= 11 is 8.86. The predicted octanol–water partition coefficient (Wildman–Crippen LogP) is 3.24. The van der Waals surface area contributed by atoms with E-state index in [2.05, 4.69) is 15.9 Å². The molecular weight excluding hydrogens is 263 g/mol. The zero-order valence-corrected chi connectivity index (χ0v) is 10.4. The first-order chi connectivity index (χ1) is 6.67. The highest BCUT2D eigenvalue weighted by Gasteiger charge is 2.04. The lowest BCUT2D eigenvalue weighted by Gasteiger charge is -2.05. The van der Waals surface area contributed by atoms with Crippen LogP contribution in [0.2, 0.25) is 0 Å². The van der Waals surface area contributed by atoms with E-state index in [1.165, 1.54) is 0 Å². The molecule has 0 saturated carbocycles. The molecule has 0 unspecified atom stereocenters. The number of ketones is 1. The molecule has 0 aliphatic rings. The molecule has 1 aromatic rings. The average molecular weight is 276 g/mol. The van der Waals surface area contributed by atoms with Crippen LogP contribution in [0.3, 0.4) is 0 Å². The highest BCUT2D eigenvalue weighted by atomic mass is 79.9. The quantitative estimate of drug-likeness (QED) is 0.771. The lowest BCUT2D eigenvalue weighted by molar-refractivity contribution is -0.115. The Morgan fingerprint density at radius 1 is 1.50 bits per heavy atom. The van der Waals surface area contributed by atoms with Crippen LogP contribution in [0, 0.1) is 6.92 Å². The van der Waals surface area contributed by atoms with Gasteiger partial charge in [0.1, 0.15) is 5.78 Å². The Labute approximate surface area is 97.6 Å². The molecule has 0 N–H and O–H groups in total. The average Bonchev–Trinajstić information content (AvgIpc) is 2.20. The minimum Gasteiger partial charge on any atom is -0.298 e. The summed E-state index contributed by atoms with van der Waals surface area (Å²) in [6, 6.07) is 5.98. The van der Waals surface area contributed by atoms with Crippen LogP contribution >= 0.6 is 27.5 Å².